The summed E-state index contributed by atoms with van der Waals surface area (Å²) in [6.07, 6.45) is 7.94. The summed E-state index contributed by atoms with van der Waals surface area (Å²) in [7, 11) is 3.18. The quantitative estimate of drug-likeness (QED) is 0.436. The number of nitrogens with one attached hydrogen (secondary N) is 2. The number of hydrogen-bond donors (Lipinski definition) is 2. The molecule has 0 aliphatic heterocycles. The maximum absolute atomic E-state index is 13.0. The number of benzene rings is 1. The van der Waals surface area contributed by atoms with E-state index in [0.29, 0.717) is 35.3 Å². The second-order valence-electron chi connectivity index (χ2n) is 9.69. The summed E-state index contributed by atoms with van der Waals surface area (Å²) in [5.41, 5.74) is 1.63. The van der Waals surface area contributed by atoms with Crippen LogP contribution in [0.2, 0.25) is 0 Å². The molecular weight excluding hydrogens is 492 g/mol. The van der Waals surface area contributed by atoms with Crippen LogP contribution in [0.4, 0.5) is 5.13 Å². The minimum atomic E-state index is -0.240. The number of aromatic nitrogens is 1. The van der Waals surface area contributed by atoms with E-state index in [2.05, 4.69) is 15.6 Å². The lowest BCUT2D eigenvalue weighted by molar-refractivity contribution is -0.139. The van der Waals surface area contributed by atoms with Crippen molar-refractivity contribution >= 4 is 34.2 Å². The third-order valence-electron chi connectivity index (χ3n) is 6.86. The molecule has 200 valence electrons. The van der Waals surface area contributed by atoms with Gasteiger partial charge in [-0.3, -0.25) is 14.4 Å². The molecule has 2 aliphatic carbocycles. The molecule has 2 N–H and O–H groups in total. The molecule has 1 aromatic heterocycles. The van der Waals surface area contributed by atoms with E-state index in [1.165, 1.54) is 17.8 Å². The Balaban J connectivity index is 1.21. The molecule has 3 amide bonds. The van der Waals surface area contributed by atoms with Crippen LogP contribution < -0.4 is 20.1 Å². The van der Waals surface area contributed by atoms with E-state index in [9.17, 15) is 14.4 Å². The molecule has 2 aliphatic rings. The second kappa shape index (κ2) is 12.9. The van der Waals surface area contributed by atoms with Crippen LogP contribution in [0.5, 0.6) is 11.5 Å². The first kappa shape index (κ1) is 26.9. The molecule has 37 heavy (non-hydrogen) atoms. The van der Waals surface area contributed by atoms with Gasteiger partial charge < -0.3 is 25.0 Å². The SMILES string of the molecule is COc1ccc(CCNC(=O)Cc2csc(NC(=O)CN(C(=O)C3CCCCC3)C3CC3)n2)cc1OC. The smallest absolute Gasteiger partial charge is 0.245 e. The number of carbonyl (C=O) groups excluding carboxylic acids is 3. The highest BCUT2D eigenvalue weighted by molar-refractivity contribution is 7.13. The molecular formula is C27H36N4O5S. The Morgan fingerprint density at radius 3 is 2.49 bits per heavy atom. The summed E-state index contributed by atoms with van der Waals surface area (Å²) in [5, 5.41) is 7.94. The Morgan fingerprint density at radius 2 is 1.78 bits per heavy atom. The summed E-state index contributed by atoms with van der Waals surface area (Å²) in [6.45, 7) is 0.541. The summed E-state index contributed by atoms with van der Waals surface area (Å²) < 4.78 is 10.6. The van der Waals surface area contributed by atoms with Crippen molar-refractivity contribution in [3.63, 3.8) is 0 Å². The summed E-state index contributed by atoms with van der Waals surface area (Å²) in [5.74, 6) is 1.12. The number of amides is 3. The lowest BCUT2D eigenvalue weighted by Gasteiger charge is -2.28. The van der Waals surface area contributed by atoms with Crippen molar-refractivity contribution in [2.45, 2.75) is 63.8 Å². The van der Waals surface area contributed by atoms with Crippen LogP contribution in [0.1, 0.15) is 56.2 Å². The molecule has 0 bridgehead atoms. The van der Waals surface area contributed by atoms with Crippen molar-refractivity contribution in [2.24, 2.45) is 5.92 Å². The Hall–Kier alpha value is -3.14. The predicted molar refractivity (Wildman–Crippen MR) is 142 cm³/mol. The number of thiazole rings is 1. The Morgan fingerprint density at radius 1 is 1.03 bits per heavy atom. The lowest BCUT2D eigenvalue weighted by atomic mass is 9.88. The van der Waals surface area contributed by atoms with Gasteiger partial charge in [0.25, 0.3) is 0 Å². The molecule has 4 rings (SSSR count). The van der Waals surface area contributed by atoms with Gasteiger partial charge in [0.15, 0.2) is 16.6 Å². The Labute approximate surface area is 221 Å². The third-order valence-corrected chi connectivity index (χ3v) is 7.67. The zero-order valence-electron chi connectivity index (χ0n) is 21.6. The molecule has 1 aromatic carbocycles. The number of rotatable bonds is 12. The number of nitrogens with zero attached hydrogens (tertiary/aromatic N) is 2. The first-order valence-electron chi connectivity index (χ1n) is 13.0. The molecule has 0 unspecified atom stereocenters. The fraction of sp³-hybridized carbons (Fsp3) is 0.556. The van der Waals surface area contributed by atoms with E-state index in [-0.39, 0.29) is 42.6 Å². The maximum Gasteiger partial charge on any atom is 0.245 e. The van der Waals surface area contributed by atoms with E-state index < -0.39 is 0 Å². The fourth-order valence-corrected chi connectivity index (χ4v) is 5.45. The van der Waals surface area contributed by atoms with Gasteiger partial charge in [0, 0.05) is 23.9 Å². The van der Waals surface area contributed by atoms with Crippen molar-refractivity contribution in [3.05, 3.63) is 34.8 Å². The molecule has 2 aromatic rings. The minimum Gasteiger partial charge on any atom is -0.493 e. The highest BCUT2D eigenvalue weighted by Gasteiger charge is 2.37. The van der Waals surface area contributed by atoms with Crippen LogP contribution in [-0.4, -0.2) is 61.0 Å². The van der Waals surface area contributed by atoms with E-state index in [1.54, 1.807) is 24.5 Å². The van der Waals surface area contributed by atoms with Crippen LogP contribution in [0.3, 0.4) is 0 Å². The Kier molecular flexibility index (Phi) is 9.38. The van der Waals surface area contributed by atoms with Crippen LogP contribution in [0.25, 0.3) is 0 Å². The summed E-state index contributed by atoms with van der Waals surface area (Å²) >= 11 is 1.28. The monoisotopic (exact) mass is 528 g/mol. The van der Waals surface area contributed by atoms with Gasteiger partial charge in [0.1, 0.15) is 6.54 Å². The number of anilines is 1. The van der Waals surface area contributed by atoms with Gasteiger partial charge in [0.05, 0.1) is 26.3 Å². The van der Waals surface area contributed by atoms with Gasteiger partial charge in [-0.2, -0.15) is 0 Å². The largest absolute Gasteiger partial charge is 0.493 e. The van der Waals surface area contributed by atoms with Crippen molar-refractivity contribution in [2.75, 3.05) is 32.6 Å². The van der Waals surface area contributed by atoms with Crippen molar-refractivity contribution < 1.29 is 23.9 Å². The van der Waals surface area contributed by atoms with E-state index in [1.807, 2.05) is 18.2 Å². The molecule has 1 heterocycles. The van der Waals surface area contributed by atoms with Gasteiger partial charge in [-0.1, -0.05) is 25.3 Å². The van der Waals surface area contributed by atoms with Crippen molar-refractivity contribution in [1.29, 1.82) is 0 Å². The molecule has 2 saturated carbocycles. The van der Waals surface area contributed by atoms with Crippen LogP contribution in [-0.2, 0) is 27.2 Å². The number of hydrogen-bond acceptors (Lipinski definition) is 7. The number of methoxy groups -OCH3 is 2. The van der Waals surface area contributed by atoms with Gasteiger partial charge >= 0.3 is 0 Å². The van der Waals surface area contributed by atoms with E-state index in [4.69, 9.17) is 9.47 Å². The maximum atomic E-state index is 13.0. The molecule has 0 radical (unpaired) electrons. The highest BCUT2D eigenvalue weighted by Crippen LogP contribution is 2.32. The van der Waals surface area contributed by atoms with Crippen molar-refractivity contribution in [3.8, 4) is 11.5 Å². The van der Waals surface area contributed by atoms with Crippen LogP contribution in [0, 0.1) is 5.92 Å². The number of carbonyl (C=O) groups is 3. The molecule has 2 fully saturated rings. The first-order chi connectivity index (χ1) is 18.0. The highest BCUT2D eigenvalue weighted by atomic mass is 32.1. The minimum absolute atomic E-state index is 0.0545. The zero-order chi connectivity index (χ0) is 26.2. The van der Waals surface area contributed by atoms with Gasteiger partial charge in [-0.05, 0) is 49.8 Å². The second-order valence-corrected chi connectivity index (χ2v) is 10.5. The molecule has 10 heteroatoms. The average Bonchev–Trinajstić information content (AvgIpc) is 3.67. The average molecular weight is 529 g/mol. The molecule has 0 saturated heterocycles. The topological polar surface area (TPSA) is 110 Å². The lowest BCUT2D eigenvalue weighted by Crippen LogP contribution is -2.43. The van der Waals surface area contributed by atoms with Gasteiger partial charge in [0.2, 0.25) is 17.7 Å². The number of ether oxygens (including phenoxy) is 2. The molecule has 0 atom stereocenters. The zero-order valence-corrected chi connectivity index (χ0v) is 22.4. The molecule has 9 nitrogen and oxygen atoms in total. The van der Waals surface area contributed by atoms with Gasteiger partial charge in [-0.15, -0.1) is 11.3 Å². The van der Waals surface area contributed by atoms with Crippen molar-refractivity contribution in [1.82, 2.24) is 15.2 Å². The third kappa shape index (κ3) is 7.67. The van der Waals surface area contributed by atoms with Crippen LogP contribution in [0.15, 0.2) is 23.6 Å². The summed E-state index contributed by atoms with van der Waals surface area (Å²) in [4.78, 5) is 44.3. The van der Waals surface area contributed by atoms with E-state index >= 15 is 0 Å². The van der Waals surface area contributed by atoms with E-state index in [0.717, 1.165) is 44.1 Å². The fourth-order valence-electron chi connectivity index (χ4n) is 4.73. The predicted octanol–water partition coefficient (Wildman–Crippen LogP) is 3.57. The van der Waals surface area contributed by atoms with Gasteiger partial charge in [-0.25, -0.2) is 4.98 Å². The normalized spacial score (nSPS) is 15.6. The van der Waals surface area contributed by atoms with Crippen LogP contribution >= 0.6 is 11.3 Å². The standard InChI is InChI=1S/C27H36N4O5S/c1-35-22-11-8-18(14-23(22)36-2)12-13-28-24(32)15-20-17-37-27(29-20)30-25(33)16-31(21-9-10-21)26(34)19-6-4-3-5-7-19/h8,11,14,17,19,21H,3-7,9-10,12-13,15-16H2,1-2H3,(H,28,32)(H,29,30,33). The summed E-state index contributed by atoms with van der Waals surface area (Å²) in [6, 6.07) is 5.87. The Bertz CT molecular complexity index is 1090. The first-order valence-corrected chi connectivity index (χ1v) is 13.9. The molecule has 0 spiro atoms.